The van der Waals surface area contributed by atoms with Crippen molar-refractivity contribution in [3.8, 4) is 0 Å². The van der Waals surface area contributed by atoms with Gasteiger partial charge in [0, 0.05) is 5.56 Å². The Kier molecular flexibility index (Phi) is 5.57. The molecule has 0 spiro atoms. The minimum absolute atomic E-state index is 0.0878. The Bertz CT molecular complexity index is 770. The van der Waals surface area contributed by atoms with Crippen molar-refractivity contribution in [3.63, 3.8) is 0 Å². The van der Waals surface area contributed by atoms with Crippen LogP contribution in [0.25, 0.3) is 5.65 Å². The number of aromatic nitrogens is 3. The number of carbonyl (C=O) groups is 2. The largest absolute Gasteiger partial charge is 0.437 e. The fraction of sp³-hybridized carbons (Fsp3) is 0.429. The van der Waals surface area contributed by atoms with Gasteiger partial charge in [0.2, 0.25) is 0 Å². The van der Waals surface area contributed by atoms with E-state index in [2.05, 4.69) is 10.1 Å². The van der Waals surface area contributed by atoms with Crippen LogP contribution in [0.1, 0.15) is 29.1 Å². The molecule has 1 amide bonds. The molecule has 0 radical (unpaired) electrons. The average Bonchev–Trinajstić information content (AvgIpc) is 3.00. The fourth-order valence-corrected chi connectivity index (χ4v) is 1.88. The quantitative estimate of drug-likeness (QED) is 0.718. The van der Waals surface area contributed by atoms with Gasteiger partial charge >= 0.3 is 6.09 Å². The maximum atomic E-state index is 12.9. The van der Waals surface area contributed by atoms with Crippen molar-refractivity contribution in [1.29, 1.82) is 0 Å². The van der Waals surface area contributed by atoms with Gasteiger partial charge in [-0.05, 0) is 13.0 Å². The van der Waals surface area contributed by atoms with Crippen molar-refractivity contribution in [2.24, 2.45) is 5.73 Å². The minimum Gasteiger partial charge on any atom is -0.437 e. The van der Waals surface area contributed by atoms with E-state index in [-0.39, 0.29) is 16.9 Å². The molecular weight excluding hydrogens is 345 g/mol. The first kappa shape index (κ1) is 18.6. The van der Waals surface area contributed by atoms with E-state index in [0.29, 0.717) is 6.29 Å². The van der Waals surface area contributed by atoms with Crippen LogP contribution in [0.4, 0.5) is 18.0 Å². The highest BCUT2D eigenvalue weighted by molar-refractivity contribution is 5.75. The van der Waals surface area contributed by atoms with Gasteiger partial charge < -0.3 is 15.2 Å². The van der Waals surface area contributed by atoms with Crippen LogP contribution < -0.4 is 5.73 Å². The Morgan fingerprint density at radius 3 is 2.80 bits per heavy atom. The molecule has 0 aliphatic heterocycles. The third-order valence-electron chi connectivity index (χ3n) is 3.38. The number of nitrogens with two attached hydrogens (primary N) is 1. The van der Waals surface area contributed by atoms with Crippen LogP contribution in [0.2, 0.25) is 0 Å². The molecule has 2 aromatic heterocycles. The summed E-state index contributed by atoms with van der Waals surface area (Å²) in [5.41, 5.74) is 3.20. The van der Waals surface area contributed by atoms with Crippen molar-refractivity contribution in [3.05, 3.63) is 29.7 Å². The van der Waals surface area contributed by atoms with Crippen molar-refractivity contribution in [2.45, 2.75) is 25.1 Å². The third-order valence-corrected chi connectivity index (χ3v) is 3.38. The second-order valence-electron chi connectivity index (χ2n) is 5.36. The second-order valence-corrected chi connectivity index (χ2v) is 5.36. The topological polar surface area (TPSA) is 109 Å². The van der Waals surface area contributed by atoms with Gasteiger partial charge in [0.25, 0.3) is 6.43 Å². The van der Waals surface area contributed by atoms with E-state index in [1.165, 1.54) is 23.0 Å². The maximum Gasteiger partial charge on any atom is 0.405 e. The lowest BCUT2D eigenvalue weighted by atomic mass is 10.1. The first-order valence-electron chi connectivity index (χ1n) is 7.03. The van der Waals surface area contributed by atoms with E-state index in [0.717, 1.165) is 6.92 Å². The number of hydrogen-bond donors (Lipinski definition) is 1. The number of imidazole rings is 1. The summed E-state index contributed by atoms with van der Waals surface area (Å²) in [4.78, 5) is 25.9. The summed E-state index contributed by atoms with van der Waals surface area (Å²) in [6, 6.07) is 1.41. The molecule has 11 heteroatoms. The van der Waals surface area contributed by atoms with Gasteiger partial charge in [0.15, 0.2) is 23.6 Å². The molecule has 2 N–H and O–H groups in total. The summed E-state index contributed by atoms with van der Waals surface area (Å²) in [7, 11) is 0. The number of ether oxygens (including phenoxy) is 2. The lowest BCUT2D eigenvalue weighted by Crippen LogP contribution is -2.41. The molecule has 0 fully saturated rings. The van der Waals surface area contributed by atoms with Crippen LogP contribution in [0, 0.1) is 0 Å². The zero-order chi connectivity index (χ0) is 18.6. The molecule has 2 rings (SSSR count). The van der Waals surface area contributed by atoms with Gasteiger partial charge in [-0.25, -0.2) is 27.5 Å². The van der Waals surface area contributed by atoms with Gasteiger partial charge in [0.1, 0.15) is 12.4 Å². The first-order chi connectivity index (χ1) is 11.8. The van der Waals surface area contributed by atoms with E-state index >= 15 is 0 Å². The minimum atomic E-state index is -3.09. The zero-order valence-electron chi connectivity index (χ0n) is 13.1. The summed E-state index contributed by atoms with van der Waals surface area (Å²) >= 11 is 0. The van der Waals surface area contributed by atoms with Crippen LogP contribution >= 0.6 is 0 Å². The van der Waals surface area contributed by atoms with Crippen LogP contribution in [-0.4, -0.2) is 52.3 Å². The molecule has 25 heavy (non-hydrogen) atoms. The molecule has 0 saturated heterocycles. The highest BCUT2D eigenvalue weighted by atomic mass is 19.3. The summed E-state index contributed by atoms with van der Waals surface area (Å²) in [5.74, 6) is 0. The zero-order valence-corrected chi connectivity index (χ0v) is 13.1. The Hall–Kier alpha value is -2.69. The number of aldehydes is 1. The number of fused-ring (bicyclic) bond motifs is 1. The van der Waals surface area contributed by atoms with E-state index in [1.807, 2.05) is 0 Å². The van der Waals surface area contributed by atoms with Crippen molar-refractivity contribution < 1.29 is 32.2 Å². The Morgan fingerprint density at radius 1 is 1.52 bits per heavy atom. The number of amides is 1. The van der Waals surface area contributed by atoms with E-state index in [4.69, 9.17) is 15.2 Å². The fourth-order valence-electron chi connectivity index (χ4n) is 1.88. The maximum absolute atomic E-state index is 12.9. The molecule has 0 saturated carbocycles. The predicted octanol–water partition coefficient (Wildman–Crippen LogP) is 1.69. The van der Waals surface area contributed by atoms with E-state index in [9.17, 15) is 22.8 Å². The Balaban J connectivity index is 2.27. The number of alkyl halides is 3. The first-order valence-corrected chi connectivity index (χ1v) is 7.03. The van der Waals surface area contributed by atoms with Crippen LogP contribution in [0.3, 0.4) is 0 Å². The number of nitrogens with zero attached hydrogens (tertiary/aromatic N) is 3. The third kappa shape index (κ3) is 4.24. The van der Waals surface area contributed by atoms with Crippen LogP contribution in [0.5, 0.6) is 0 Å². The van der Waals surface area contributed by atoms with Gasteiger partial charge in [-0.15, -0.1) is 0 Å². The smallest absolute Gasteiger partial charge is 0.405 e. The number of halogens is 3. The highest BCUT2D eigenvalue weighted by Crippen LogP contribution is 2.25. The SMILES string of the molecule is CC(CF)(OCC(OC(N)=O)c1cn2ncc(C=O)cc2n1)C(F)F. The normalized spacial score (nSPS) is 15.1. The van der Waals surface area contributed by atoms with Crippen molar-refractivity contribution in [1.82, 2.24) is 14.6 Å². The molecule has 2 heterocycles. The lowest BCUT2D eigenvalue weighted by molar-refractivity contribution is -0.155. The Morgan fingerprint density at radius 2 is 2.24 bits per heavy atom. The molecule has 2 unspecified atom stereocenters. The average molecular weight is 360 g/mol. The van der Waals surface area contributed by atoms with Crippen LogP contribution in [-0.2, 0) is 9.47 Å². The molecule has 0 bridgehead atoms. The summed E-state index contributed by atoms with van der Waals surface area (Å²) < 4.78 is 49.6. The van der Waals surface area contributed by atoms with E-state index < -0.39 is 37.5 Å². The van der Waals surface area contributed by atoms with Crippen molar-refractivity contribution in [2.75, 3.05) is 13.3 Å². The summed E-state index contributed by atoms with van der Waals surface area (Å²) in [6.45, 7) is -1.15. The van der Waals surface area contributed by atoms with Gasteiger partial charge in [-0.1, -0.05) is 0 Å². The van der Waals surface area contributed by atoms with Gasteiger partial charge in [-0.2, -0.15) is 5.10 Å². The highest BCUT2D eigenvalue weighted by Gasteiger charge is 2.38. The summed E-state index contributed by atoms with van der Waals surface area (Å²) in [6.07, 6.45) is -2.35. The molecule has 136 valence electrons. The van der Waals surface area contributed by atoms with E-state index in [1.54, 1.807) is 0 Å². The van der Waals surface area contributed by atoms with Gasteiger partial charge in [-0.3, -0.25) is 4.79 Å². The molecule has 0 aromatic carbocycles. The molecule has 0 aliphatic rings. The molecule has 8 nitrogen and oxygen atoms in total. The van der Waals surface area contributed by atoms with Gasteiger partial charge in [0.05, 0.1) is 19.0 Å². The standard InChI is InChI=1S/C14H15F3N4O4/c1-14(7-15,12(16)17)24-6-10(25-13(18)23)9-4-21-11(20-9)2-8(5-22)3-19-21/h2-5,10,12H,6-7H2,1H3,(H2,18,23). The van der Waals surface area contributed by atoms with Crippen molar-refractivity contribution >= 4 is 18.0 Å². The molecule has 2 aromatic rings. The number of carbonyl (C=O) groups excluding carboxylic acids is 2. The molecular formula is C14H15F3N4O4. The number of hydrogen-bond acceptors (Lipinski definition) is 6. The number of rotatable bonds is 8. The molecule has 0 aliphatic carbocycles. The predicted molar refractivity (Wildman–Crippen MR) is 78.1 cm³/mol. The number of primary amides is 1. The Labute approximate surface area is 139 Å². The van der Waals surface area contributed by atoms with Crippen LogP contribution in [0.15, 0.2) is 18.5 Å². The second kappa shape index (κ2) is 7.47. The summed E-state index contributed by atoms with van der Waals surface area (Å²) in [5, 5.41) is 3.92. The molecule has 2 atom stereocenters. The monoisotopic (exact) mass is 360 g/mol. The lowest BCUT2D eigenvalue weighted by Gasteiger charge is -2.27.